The third kappa shape index (κ3) is 3.32. The number of nitrogens with two attached hydrogens (primary N) is 1. The van der Waals surface area contributed by atoms with Crippen molar-refractivity contribution in [3.05, 3.63) is 17.5 Å². The second-order valence-corrected chi connectivity index (χ2v) is 5.00. The third-order valence-corrected chi connectivity index (χ3v) is 3.76. The van der Waals surface area contributed by atoms with Crippen LogP contribution >= 0.6 is 11.8 Å². The van der Waals surface area contributed by atoms with Crippen LogP contribution in [0.2, 0.25) is 0 Å². The Morgan fingerprint density at radius 3 is 2.84 bits per heavy atom. The summed E-state index contributed by atoms with van der Waals surface area (Å²) in [6.45, 7) is 6.26. The fourth-order valence-electron chi connectivity index (χ4n) is 1.78. The van der Waals surface area contributed by atoms with Crippen LogP contribution in [-0.4, -0.2) is 36.5 Å². The summed E-state index contributed by atoms with van der Waals surface area (Å²) in [6.07, 6.45) is 0.954. The van der Waals surface area contributed by atoms with E-state index in [2.05, 4.69) is 40.5 Å². The molecule has 2 aromatic heterocycles. The van der Waals surface area contributed by atoms with Gasteiger partial charge in [0.15, 0.2) is 0 Å². The minimum Gasteiger partial charge on any atom is -0.329 e. The van der Waals surface area contributed by atoms with Crippen LogP contribution in [-0.2, 0) is 25.3 Å². The molecule has 7 nitrogen and oxygen atoms in total. The largest absolute Gasteiger partial charge is 0.329 e. The Morgan fingerprint density at radius 2 is 2.16 bits per heavy atom. The smallest absolute Gasteiger partial charge is 0.209 e. The molecule has 0 saturated carbocycles. The number of tetrazole rings is 1. The van der Waals surface area contributed by atoms with Crippen molar-refractivity contribution in [3.63, 3.8) is 0 Å². The summed E-state index contributed by atoms with van der Waals surface area (Å²) >= 11 is 1.61. The number of hydrogen-bond acceptors (Lipinski definition) is 6. The lowest BCUT2D eigenvalue weighted by Crippen LogP contribution is -2.12. The Balaban J connectivity index is 2.05. The van der Waals surface area contributed by atoms with E-state index in [1.165, 1.54) is 5.69 Å². The van der Waals surface area contributed by atoms with E-state index in [9.17, 15) is 0 Å². The zero-order valence-corrected chi connectivity index (χ0v) is 12.1. The molecule has 0 aliphatic carbocycles. The van der Waals surface area contributed by atoms with Crippen LogP contribution < -0.4 is 5.73 Å². The molecule has 0 aromatic carbocycles. The van der Waals surface area contributed by atoms with Gasteiger partial charge in [-0.25, -0.2) is 4.68 Å². The summed E-state index contributed by atoms with van der Waals surface area (Å²) < 4.78 is 3.76. The quantitative estimate of drug-likeness (QED) is 0.752. The monoisotopic (exact) mass is 281 g/mol. The van der Waals surface area contributed by atoms with E-state index in [0.29, 0.717) is 13.1 Å². The van der Waals surface area contributed by atoms with E-state index < -0.39 is 0 Å². The maximum absolute atomic E-state index is 5.52. The maximum Gasteiger partial charge on any atom is 0.209 e. The fourth-order valence-corrected chi connectivity index (χ4v) is 2.66. The molecule has 104 valence electrons. The third-order valence-electron chi connectivity index (χ3n) is 2.76. The molecule has 0 fully saturated rings. The number of aromatic nitrogens is 6. The van der Waals surface area contributed by atoms with Gasteiger partial charge in [-0.05, 0) is 29.8 Å². The predicted octanol–water partition coefficient (Wildman–Crippen LogP) is 0.703. The highest BCUT2D eigenvalue weighted by Gasteiger charge is 2.10. The molecule has 2 aromatic rings. The van der Waals surface area contributed by atoms with Crippen molar-refractivity contribution in [2.75, 3.05) is 6.54 Å². The highest BCUT2D eigenvalue weighted by Crippen LogP contribution is 2.20. The molecular weight excluding hydrogens is 262 g/mol. The van der Waals surface area contributed by atoms with Crippen LogP contribution in [0.25, 0.3) is 0 Å². The lowest BCUT2D eigenvalue weighted by Gasteiger charge is -2.04. The first-order chi connectivity index (χ1) is 9.28. The molecular formula is C11H19N7S. The molecule has 0 bridgehead atoms. The summed E-state index contributed by atoms with van der Waals surface area (Å²) in [5, 5.41) is 16.9. The average molecular weight is 281 g/mol. The van der Waals surface area contributed by atoms with Crippen molar-refractivity contribution in [2.45, 2.75) is 44.3 Å². The number of thioether (sulfide) groups is 1. The van der Waals surface area contributed by atoms with Crippen LogP contribution in [0.15, 0.2) is 11.2 Å². The van der Waals surface area contributed by atoms with Gasteiger partial charge < -0.3 is 5.73 Å². The van der Waals surface area contributed by atoms with E-state index in [-0.39, 0.29) is 0 Å². The van der Waals surface area contributed by atoms with E-state index in [1.807, 2.05) is 4.68 Å². The lowest BCUT2D eigenvalue weighted by atomic mass is 10.3. The SMILES string of the molecule is CCc1cc(CSc2nnnn2CCN)n(CC)n1. The molecule has 0 saturated heterocycles. The summed E-state index contributed by atoms with van der Waals surface area (Å²) in [4.78, 5) is 0. The van der Waals surface area contributed by atoms with Gasteiger partial charge in [0.25, 0.3) is 0 Å². The molecule has 2 N–H and O–H groups in total. The van der Waals surface area contributed by atoms with Crippen LogP contribution in [0, 0.1) is 0 Å². The van der Waals surface area contributed by atoms with Gasteiger partial charge in [0.05, 0.1) is 12.2 Å². The molecule has 0 spiro atoms. The van der Waals surface area contributed by atoms with Crippen LogP contribution in [0.3, 0.4) is 0 Å². The summed E-state index contributed by atoms with van der Waals surface area (Å²) in [5.41, 5.74) is 7.85. The second kappa shape index (κ2) is 6.67. The van der Waals surface area contributed by atoms with Crippen molar-refractivity contribution in [3.8, 4) is 0 Å². The van der Waals surface area contributed by atoms with Gasteiger partial charge in [0, 0.05) is 24.5 Å². The van der Waals surface area contributed by atoms with Gasteiger partial charge in [-0.1, -0.05) is 18.7 Å². The number of rotatable bonds is 7. The molecule has 2 heterocycles. The van der Waals surface area contributed by atoms with Gasteiger partial charge >= 0.3 is 0 Å². The van der Waals surface area contributed by atoms with Gasteiger partial charge in [-0.15, -0.1) is 5.10 Å². The van der Waals surface area contributed by atoms with E-state index in [1.54, 1.807) is 16.4 Å². The minimum atomic E-state index is 0.533. The Hall–Kier alpha value is -1.41. The molecule has 8 heteroatoms. The highest BCUT2D eigenvalue weighted by atomic mass is 32.2. The second-order valence-electron chi connectivity index (χ2n) is 4.06. The van der Waals surface area contributed by atoms with Gasteiger partial charge in [0.1, 0.15) is 0 Å². The summed E-state index contributed by atoms with van der Waals surface area (Å²) in [7, 11) is 0. The lowest BCUT2D eigenvalue weighted by molar-refractivity contribution is 0.556. The van der Waals surface area contributed by atoms with E-state index in [0.717, 1.165) is 29.6 Å². The summed E-state index contributed by atoms with van der Waals surface area (Å²) in [6, 6.07) is 2.15. The van der Waals surface area contributed by atoms with Crippen LogP contribution in [0.5, 0.6) is 0 Å². The van der Waals surface area contributed by atoms with Gasteiger partial charge in [-0.2, -0.15) is 5.10 Å². The molecule has 0 radical (unpaired) electrons. The van der Waals surface area contributed by atoms with Crippen molar-refractivity contribution in [1.82, 2.24) is 30.0 Å². The summed E-state index contributed by atoms with van der Waals surface area (Å²) in [5.74, 6) is 0.811. The zero-order valence-electron chi connectivity index (χ0n) is 11.3. The normalized spacial score (nSPS) is 11.1. The Bertz CT molecular complexity index is 519. The number of nitrogens with zero attached hydrogens (tertiary/aromatic N) is 6. The molecule has 0 amide bonds. The van der Waals surface area contributed by atoms with E-state index >= 15 is 0 Å². The first-order valence-corrected chi connectivity index (χ1v) is 7.41. The Labute approximate surface area is 116 Å². The van der Waals surface area contributed by atoms with Gasteiger partial charge in [0.2, 0.25) is 5.16 Å². The standard InChI is InChI=1S/C11H19N7S/c1-3-9-7-10(17(4-2)14-9)8-19-11-13-15-16-18(11)6-5-12/h7H,3-6,8,12H2,1-2H3. The van der Waals surface area contributed by atoms with Crippen molar-refractivity contribution >= 4 is 11.8 Å². The van der Waals surface area contributed by atoms with Crippen molar-refractivity contribution < 1.29 is 0 Å². The number of hydrogen-bond donors (Lipinski definition) is 1. The zero-order chi connectivity index (χ0) is 13.7. The predicted molar refractivity (Wildman–Crippen MR) is 73.7 cm³/mol. The van der Waals surface area contributed by atoms with Crippen LogP contribution in [0.4, 0.5) is 0 Å². The number of aryl methyl sites for hydroxylation is 2. The minimum absolute atomic E-state index is 0.533. The van der Waals surface area contributed by atoms with Crippen molar-refractivity contribution in [2.24, 2.45) is 5.73 Å². The van der Waals surface area contributed by atoms with E-state index in [4.69, 9.17) is 5.73 Å². The molecule has 2 rings (SSSR count). The van der Waals surface area contributed by atoms with Crippen molar-refractivity contribution in [1.29, 1.82) is 0 Å². The first kappa shape index (κ1) is 14.0. The molecule has 0 unspecified atom stereocenters. The van der Waals surface area contributed by atoms with Gasteiger partial charge in [-0.3, -0.25) is 4.68 Å². The average Bonchev–Trinajstić information content (AvgIpc) is 3.02. The van der Waals surface area contributed by atoms with Crippen LogP contribution in [0.1, 0.15) is 25.2 Å². The molecule has 19 heavy (non-hydrogen) atoms. The Kier molecular flexibility index (Phi) is 4.92. The first-order valence-electron chi connectivity index (χ1n) is 6.43. The fraction of sp³-hybridized carbons (Fsp3) is 0.636. The topological polar surface area (TPSA) is 87.4 Å². The maximum atomic E-state index is 5.52. The molecule has 0 aliphatic heterocycles. The molecule has 0 aliphatic rings. The highest BCUT2D eigenvalue weighted by molar-refractivity contribution is 7.98. The Morgan fingerprint density at radius 1 is 1.32 bits per heavy atom. The molecule has 0 atom stereocenters.